The average molecular weight is 150 g/mol. The first-order valence-electron chi connectivity index (χ1n) is 3.96. The summed E-state index contributed by atoms with van der Waals surface area (Å²) in [7, 11) is 2.16. The van der Waals surface area contributed by atoms with Crippen LogP contribution in [0.25, 0.3) is 0 Å². The SMILES string of the molecule is CN1C2CC1c1ncnn1C2. The van der Waals surface area contributed by atoms with Crippen LogP contribution in [-0.4, -0.2) is 32.8 Å². The molecule has 0 radical (unpaired) electrons. The molecule has 58 valence electrons. The van der Waals surface area contributed by atoms with E-state index in [1.807, 2.05) is 4.68 Å². The Bertz CT molecular complexity index is 292. The summed E-state index contributed by atoms with van der Waals surface area (Å²) in [6.07, 6.45) is 2.93. The van der Waals surface area contributed by atoms with Gasteiger partial charge >= 0.3 is 0 Å². The van der Waals surface area contributed by atoms with Crippen LogP contribution < -0.4 is 0 Å². The minimum absolute atomic E-state index is 0.552. The van der Waals surface area contributed by atoms with E-state index in [4.69, 9.17) is 0 Å². The minimum Gasteiger partial charge on any atom is -0.292 e. The lowest BCUT2D eigenvalue weighted by Gasteiger charge is -2.49. The lowest BCUT2D eigenvalue weighted by Crippen LogP contribution is -2.54. The van der Waals surface area contributed by atoms with Gasteiger partial charge < -0.3 is 0 Å². The number of hydrogen-bond donors (Lipinski definition) is 0. The molecule has 0 spiro atoms. The highest BCUT2D eigenvalue weighted by Gasteiger charge is 2.43. The molecule has 2 bridgehead atoms. The Kier molecular flexibility index (Phi) is 0.850. The molecule has 0 N–H and O–H groups in total. The van der Waals surface area contributed by atoms with Crippen molar-refractivity contribution in [3.8, 4) is 0 Å². The van der Waals surface area contributed by atoms with Gasteiger partial charge in [-0.05, 0) is 13.5 Å². The van der Waals surface area contributed by atoms with Crippen LogP contribution in [0.2, 0.25) is 0 Å². The Morgan fingerprint density at radius 1 is 1.64 bits per heavy atom. The van der Waals surface area contributed by atoms with Crippen molar-refractivity contribution < 1.29 is 0 Å². The van der Waals surface area contributed by atoms with Crippen LogP contribution in [0.5, 0.6) is 0 Å². The molecule has 4 heterocycles. The molecule has 4 rings (SSSR count). The van der Waals surface area contributed by atoms with Crippen LogP contribution in [0.3, 0.4) is 0 Å². The van der Waals surface area contributed by atoms with Crippen LogP contribution in [-0.2, 0) is 6.54 Å². The number of aromatic nitrogens is 3. The monoisotopic (exact) mass is 150 g/mol. The van der Waals surface area contributed by atoms with Crippen molar-refractivity contribution in [1.82, 2.24) is 19.7 Å². The molecule has 4 nitrogen and oxygen atoms in total. The van der Waals surface area contributed by atoms with E-state index in [-0.39, 0.29) is 0 Å². The van der Waals surface area contributed by atoms with E-state index in [2.05, 4.69) is 22.0 Å². The third-order valence-electron chi connectivity index (χ3n) is 2.89. The Balaban J connectivity index is 2.12. The fourth-order valence-electron chi connectivity index (χ4n) is 2.07. The summed E-state index contributed by atoms with van der Waals surface area (Å²) < 4.78 is 2.03. The quantitative estimate of drug-likeness (QED) is 0.523. The van der Waals surface area contributed by atoms with Crippen molar-refractivity contribution in [2.24, 2.45) is 0 Å². The third-order valence-corrected chi connectivity index (χ3v) is 2.89. The zero-order valence-corrected chi connectivity index (χ0v) is 6.44. The maximum Gasteiger partial charge on any atom is 0.144 e. The molecule has 1 aromatic rings. The Labute approximate surface area is 64.8 Å². The van der Waals surface area contributed by atoms with Crippen molar-refractivity contribution in [3.63, 3.8) is 0 Å². The normalized spacial score (nSPS) is 34.6. The summed E-state index contributed by atoms with van der Waals surface area (Å²) in [6.45, 7) is 1.03. The van der Waals surface area contributed by atoms with Gasteiger partial charge in [-0.15, -0.1) is 0 Å². The fourth-order valence-corrected chi connectivity index (χ4v) is 2.07. The molecule has 4 heteroatoms. The highest BCUT2D eigenvalue weighted by atomic mass is 15.4. The lowest BCUT2D eigenvalue weighted by atomic mass is 9.90. The second-order valence-electron chi connectivity index (χ2n) is 3.37. The first-order valence-corrected chi connectivity index (χ1v) is 3.96. The molecule has 0 saturated carbocycles. The second-order valence-corrected chi connectivity index (χ2v) is 3.37. The molecule has 3 aliphatic heterocycles. The first-order chi connectivity index (χ1) is 5.36. The van der Waals surface area contributed by atoms with Crippen molar-refractivity contribution in [3.05, 3.63) is 12.2 Å². The first kappa shape index (κ1) is 5.71. The molecule has 1 saturated heterocycles. The third kappa shape index (κ3) is 0.542. The molecule has 3 aliphatic rings. The van der Waals surface area contributed by atoms with Gasteiger partial charge in [-0.1, -0.05) is 0 Å². The van der Waals surface area contributed by atoms with Gasteiger partial charge in [-0.25, -0.2) is 9.67 Å². The molecule has 2 atom stereocenters. The van der Waals surface area contributed by atoms with Gasteiger partial charge in [-0.2, -0.15) is 5.10 Å². The van der Waals surface area contributed by atoms with Crippen molar-refractivity contribution >= 4 is 0 Å². The van der Waals surface area contributed by atoms with Gasteiger partial charge in [0.15, 0.2) is 0 Å². The van der Waals surface area contributed by atoms with Crippen molar-refractivity contribution in [2.45, 2.75) is 25.0 Å². The van der Waals surface area contributed by atoms with Crippen LogP contribution in [0.4, 0.5) is 0 Å². The summed E-state index contributed by atoms with van der Waals surface area (Å²) in [4.78, 5) is 6.62. The van der Waals surface area contributed by atoms with E-state index >= 15 is 0 Å². The zero-order chi connectivity index (χ0) is 7.42. The number of rotatable bonds is 0. The van der Waals surface area contributed by atoms with Gasteiger partial charge in [0, 0.05) is 6.04 Å². The van der Waals surface area contributed by atoms with Gasteiger partial charge in [0.2, 0.25) is 0 Å². The van der Waals surface area contributed by atoms with Gasteiger partial charge in [0.25, 0.3) is 0 Å². The molecule has 2 unspecified atom stereocenters. The van der Waals surface area contributed by atoms with E-state index in [0.29, 0.717) is 12.1 Å². The molecule has 11 heavy (non-hydrogen) atoms. The van der Waals surface area contributed by atoms with Crippen LogP contribution in [0, 0.1) is 0 Å². The molecule has 1 aromatic heterocycles. The molecule has 0 aliphatic carbocycles. The van der Waals surface area contributed by atoms with Crippen molar-refractivity contribution in [1.29, 1.82) is 0 Å². The topological polar surface area (TPSA) is 34.0 Å². The molecule has 1 fully saturated rings. The summed E-state index contributed by atoms with van der Waals surface area (Å²) in [5.74, 6) is 1.15. The lowest BCUT2D eigenvalue weighted by molar-refractivity contribution is -0.00646. The standard InChI is InChI=1S/C7H10N4/c1-10-5-2-6(10)7-8-4-9-11(7)3-5/h4-6H,2-3H2,1H3. The van der Waals surface area contributed by atoms with E-state index in [1.165, 1.54) is 6.42 Å². The summed E-state index contributed by atoms with van der Waals surface area (Å²) in [5.41, 5.74) is 0. The van der Waals surface area contributed by atoms with Crippen molar-refractivity contribution in [2.75, 3.05) is 7.05 Å². The zero-order valence-electron chi connectivity index (χ0n) is 6.44. The maximum absolute atomic E-state index is 4.24. The van der Waals surface area contributed by atoms with Crippen LogP contribution in [0.1, 0.15) is 18.3 Å². The number of nitrogens with zero attached hydrogens (tertiary/aromatic N) is 4. The molecular formula is C7H10N4. The van der Waals surface area contributed by atoms with E-state index in [1.54, 1.807) is 6.33 Å². The Morgan fingerprint density at radius 3 is 3.36 bits per heavy atom. The number of likely N-dealkylation sites (N-methyl/N-ethyl adjacent to an activating group) is 1. The summed E-state index contributed by atoms with van der Waals surface area (Å²) in [6, 6.07) is 1.27. The predicted molar refractivity (Wildman–Crippen MR) is 38.9 cm³/mol. The summed E-state index contributed by atoms with van der Waals surface area (Å²) >= 11 is 0. The average Bonchev–Trinajstić information content (AvgIpc) is 2.49. The highest BCUT2D eigenvalue weighted by molar-refractivity contribution is 5.09. The molecule has 0 amide bonds. The van der Waals surface area contributed by atoms with E-state index < -0.39 is 0 Å². The Morgan fingerprint density at radius 2 is 2.55 bits per heavy atom. The largest absolute Gasteiger partial charge is 0.292 e. The van der Waals surface area contributed by atoms with Gasteiger partial charge in [0.05, 0.1) is 12.6 Å². The van der Waals surface area contributed by atoms with Gasteiger partial charge in [0.1, 0.15) is 12.2 Å². The minimum atomic E-state index is 0.552. The van der Waals surface area contributed by atoms with Crippen LogP contribution in [0.15, 0.2) is 6.33 Å². The smallest absolute Gasteiger partial charge is 0.144 e. The number of hydrogen-bond acceptors (Lipinski definition) is 3. The fraction of sp³-hybridized carbons (Fsp3) is 0.714. The van der Waals surface area contributed by atoms with E-state index in [0.717, 1.165) is 12.4 Å². The van der Waals surface area contributed by atoms with Crippen LogP contribution >= 0.6 is 0 Å². The van der Waals surface area contributed by atoms with Gasteiger partial charge in [-0.3, -0.25) is 4.90 Å². The molecular weight excluding hydrogens is 140 g/mol. The van der Waals surface area contributed by atoms with E-state index in [9.17, 15) is 0 Å². The molecule has 0 aromatic carbocycles. The predicted octanol–water partition coefficient (Wildman–Crippen LogP) is 0.0369. The Hall–Kier alpha value is -0.900. The highest BCUT2D eigenvalue weighted by Crippen LogP contribution is 2.40. The maximum atomic E-state index is 4.24. The summed E-state index contributed by atoms with van der Waals surface area (Å²) in [5, 5.41) is 4.15. The second kappa shape index (κ2) is 1.64.